The van der Waals surface area contributed by atoms with Gasteiger partial charge in [-0.05, 0) is 38.6 Å². The number of aryl methyl sites for hydroxylation is 1. The minimum atomic E-state index is -0.348. The number of hydrogen-bond donors (Lipinski definition) is 1. The van der Waals surface area contributed by atoms with Crippen molar-refractivity contribution in [2.24, 2.45) is 5.73 Å². The molecule has 1 aromatic rings. The average Bonchev–Trinajstić information content (AvgIpc) is 3.04. The van der Waals surface area contributed by atoms with Crippen LogP contribution in [-0.4, -0.2) is 34.5 Å². The first kappa shape index (κ1) is 23.0. The van der Waals surface area contributed by atoms with Crippen molar-refractivity contribution in [3.8, 4) is 0 Å². The molecule has 0 fully saturated rings. The Morgan fingerprint density at radius 2 is 1.73 bits per heavy atom. The summed E-state index contributed by atoms with van der Waals surface area (Å²) >= 11 is 0. The van der Waals surface area contributed by atoms with Crippen LogP contribution in [0.4, 0.5) is 5.69 Å². The third kappa shape index (κ3) is 9.60. The van der Waals surface area contributed by atoms with Crippen LogP contribution < -0.4 is 5.73 Å². The van der Waals surface area contributed by atoms with Gasteiger partial charge in [-0.2, -0.15) is 5.10 Å². The summed E-state index contributed by atoms with van der Waals surface area (Å²) in [6.45, 7) is 5.12. The van der Waals surface area contributed by atoms with Gasteiger partial charge in [0.25, 0.3) is 0 Å². The van der Waals surface area contributed by atoms with Gasteiger partial charge in [-0.1, -0.05) is 32.6 Å². The van der Waals surface area contributed by atoms with Crippen molar-refractivity contribution >= 4 is 14.9 Å². The van der Waals surface area contributed by atoms with Crippen molar-refractivity contribution in [3.63, 3.8) is 0 Å². The van der Waals surface area contributed by atoms with Gasteiger partial charge in [0.2, 0.25) is 0 Å². The molecule has 0 aromatic carbocycles. The zero-order valence-electron chi connectivity index (χ0n) is 16.1. The Morgan fingerprint density at radius 1 is 1.15 bits per heavy atom. The number of rotatable bonds is 16. The van der Waals surface area contributed by atoms with Crippen LogP contribution in [0.5, 0.6) is 0 Å². The molecule has 2 N–H and O–H groups in total. The summed E-state index contributed by atoms with van der Waals surface area (Å²) in [7, 11) is 2.57. The van der Waals surface area contributed by atoms with Gasteiger partial charge >= 0.3 is 5.69 Å². The number of ether oxygens (including phenoxy) is 1. The van der Waals surface area contributed by atoms with Gasteiger partial charge in [-0.3, -0.25) is 14.8 Å². The molecule has 0 bridgehead atoms. The molecule has 0 aliphatic heterocycles. The van der Waals surface area contributed by atoms with Crippen molar-refractivity contribution in [2.45, 2.75) is 76.9 Å². The van der Waals surface area contributed by atoms with E-state index >= 15 is 0 Å². The highest BCUT2D eigenvalue weighted by Crippen LogP contribution is 2.29. The summed E-state index contributed by atoms with van der Waals surface area (Å²) in [5.41, 5.74) is 6.10. The second kappa shape index (κ2) is 14.1. The van der Waals surface area contributed by atoms with Gasteiger partial charge in [0.1, 0.15) is 11.9 Å². The van der Waals surface area contributed by atoms with E-state index < -0.39 is 0 Å². The molecule has 26 heavy (non-hydrogen) atoms. The molecule has 0 aliphatic carbocycles. The molecule has 2 unspecified atom stereocenters. The predicted octanol–water partition coefficient (Wildman–Crippen LogP) is 4.21. The van der Waals surface area contributed by atoms with Crippen LogP contribution in [0.25, 0.3) is 0 Å². The lowest BCUT2D eigenvalue weighted by Gasteiger charge is -2.05. The Labute approximate surface area is 159 Å². The van der Waals surface area contributed by atoms with Crippen molar-refractivity contribution < 1.29 is 9.66 Å². The van der Waals surface area contributed by atoms with E-state index in [2.05, 4.69) is 14.3 Å². The van der Waals surface area contributed by atoms with Gasteiger partial charge in [-0.25, -0.2) is 0 Å². The van der Waals surface area contributed by atoms with E-state index in [0.717, 1.165) is 64.8 Å². The summed E-state index contributed by atoms with van der Waals surface area (Å²) < 4.78 is 7.32. The number of hydrogen-bond acceptors (Lipinski definition) is 5. The molecule has 2 atom stereocenters. The standard InChI is InChI=1S/C18H35N4O3P/c1-16(26)18-17(22(23)24)15-21(20-18)12-8-4-2-3-5-9-13-25-14-10-6-7-11-19/h15-16H,2-14,19,26H2,1H3. The molecular weight excluding hydrogens is 351 g/mol. The summed E-state index contributed by atoms with van der Waals surface area (Å²) in [5.74, 6) is 0. The van der Waals surface area contributed by atoms with Crippen LogP contribution in [-0.2, 0) is 11.3 Å². The molecule has 0 saturated carbocycles. The Kier molecular flexibility index (Phi) is 12.4. The topological polar surface area (TPSA) is 96.2 Å². The van der Waals surface area contributed by atoms with Gasteiger partial charge in [0.05, 0.1) is 4.92 Å². The Bertz CT molecular complexity index is 509. The zero-order chi connectivity index (χ0) is 19.2. The molecule has 1 aromatic heterocycles. The van der Waals surface area contributed by atoms with E-state index in [4.69, 9.17) is 10.5 Å². The number of unbranched alkanes of at least 4 members (excludes halogenated alkanes) is 7. The molecule has 0 radical (unpaired) electrons. The lowest BCUT2D eigenvalue weighted by atomic mass is 10.1. The van der Waals surface area contributed by atoms with Crippen molar-refractivity contribution in [1.82, 2.24) is 9.78 Å². The van der Waals surface area contributed by atoms with Gasteiger partial charge in [-0.15, -0.1) is 9.24 Å². The zero-order valence-corrected chi connectivity index (χ0v) is 17.2. The van der Waals surface area contributed by atoms with Crippen LogP contribution in [0.3, 0.4) is 0 Å². The van der Waals surface area contributed by atoms with Crippen molar-refractivity contribution in [1.29, 1.82) is 0 Å². The van der Waals surface area contributed by atoms with Crippen LogP contribution in [0.15, 0.2) is 6.20 Å². The maximum absolute atomic E-state index is 11.1. The SMILES string of the molecule is CC(P)c1nn(CCCCCCCCOCCCCCN)cc1[N+](=O)[O-]. The number of nitrogens with zero attached hydrogens (tertiary/aromatic N) is 3. The Balaban J connectivity index is 2.02. The summed E-state index contributed by atoms with van der Waals surface area (Å²) in [6.07, 6.45) is 11.8. The fraction of sp³-hybridized carbons (Fsp3) is 0.833. The van der Waals surface area contributed by atoms with E-state index in [0.29, 0.717) is 5.69 Å². The van der Waals surface area contributed by atoms with E-state index in [1.807, 2.05) is 6.92 Å². The highest BCUT2D eigenvalue weighted by Gasteiger charge is 2.21. The van der Waals surface area contributed by atoms with Gasteiger partial charge in [0, 0.05) is 25.4 Å². The maximum atomic E-state index is 11.1. The van der Waals surface area contributed by atoms with Crippen molar-refractivity contribution in [2.75, 3.05) is 19.8 Å². The number of aromatic nitrogens is 2. The lowest BCUT2D eigenvalue weighted by molar-refractivity contribution is -0.385. The lowest BCUT2D eigenvalue weighted by Crippen LogP contribution is -2.01. The highest BCUT2D eigenvalue weighted by atomic mass is 31.0. The molecule has 0 amide bonds. The molecule has 0 aliphatic rings. The van der Waals surface area contributed by atoms with Crippen molar-refractivity contribution in [3.05, 3.63) is 22.0 Å². The van der Waals surface area contributed by atoms with E-state index in [9.17, 15) is 10.1 Å². The molecule has 8 heteroatoms. The Morgan fingerprint density at radius 3 is 2.27 bits per heavy atom. The second-order valence-corrected chi connectivity index (χ2v) is 7.79. The van der Waals surface area contributed by atoms with Gasteiger partial charge < -0.3 is 10.5 Å². The summed E-state index contributed by atoms with van der Waals surface area (Å²) in [6, 6.07) is 0. The molecule has 150 valence electrons. The van der Waals surface area contributed by atoms with Crippen LogP contribution in [0.1, 0.15) is 76.1 Å². The summed E-state index contributed by atoms with van der Waals surface area (Å²) in [5, 5.41) is 15.4. The van der Waals surface area contributed by atoms with Crippen LogP contribution >= 0.6 is 9.24 Å². The van der Waals surface area contributed by atoms with E-state index in [1.54, 1.807) is 10.9 Å². The molecule has 1 heterocycles. The normalized spacial score (nSPS) is 12.4. The first-order valence-electron chi connectivity index (χ1n) is 9.81. The predicted molar refractivity (Wildman–Crippen MR) is 108 cm³/mol. The van der Waals surface area contributed by atoms with Crippen LogP contribution in [0, 0.1) is 10.1 Å². The molecule has 7 nitrogen and oxygen atoms in total. The molecular formula is C18H35N4O3P. The fourth-order valence-electron chi connectivity index (χ4n) is 2.82. The maximum Gasteiger partial charge on any atom is 0.310 e. The number of nitro groups is 1. The van der Waals surface area contributed by atoms with E-state index in [1.165, 1.54) is 19.3 Å². The third-order valence-corrected chi connectivity index (χ3v) is 4.63. The second-order valence-electron chi connectivity index (χ2n) is 6.79. The largest absolute Gasteiger partial charge is 0.381 e. The number of nitrogens with two attached hydrogens (primary N) is 1. The molecule has 0 saturated heterocycles. The minimum absolute atomic E-state index is 0.0143. The highest BCUT2D eigenvalue weighted by molar-refractivity contribution is 7.17. The third-order valence-electron chi connectivity index (χ3n) is 4.32. The smallest absolute Gasteiger partial charge is 0.310 e. The monoisotopic (exact) mass is 386 g/mol. The minimum Gasteiger partial charge on any atom is -0.381 e. The summed E-state index contributed by atoms with van der Waals surface area (Å²) in [4.78, 5) is 10.7. The Hall–Kier alpha value is -1.04. The molecule has 1 rings (SSSR count). The van der Waals surface area contributed by atoms with Gasteiger partial charge in [0.15, 0.2) is 0 Å². The molecule has 0 spiro atoms. The van der Waals surface area contributed by atoms with Crippen LogP contribution in [0.2, 0.25) is 0 Å². The first-order chi connectivity index (χ1) is 12.6. The first-order valence-corrected chi connectivity index (χ1v) is 10.5. The quantitative estimate of drug-likeness (QED) is 0.199. The average molecular weight is 386 g/mol. The van der Waals surface area contributed by atoms with E-state index in [-0.39, 0.29) is 16.3 Å². The fourth-order valence-corrected chi connectivity index (χ4v) is 3.06.